The van der Waals surface area contributed by atoms with Crippen LogP contribution in [0.15, 0.2) is 224 Å². The summed E-state index contributed by atoms with van der Waals surface area (Å²) in [5.74, 6) is 0.221. The zero-order valence-electron chi connectivity index (χ0n) is 32.6. The molecular weight excluding hydrogens is 699 g/mol. The van der Waals surface area contributed by atoms with Gasteiger partial charge in [-0.05, 0) is 97.8 Å². The van der Waals surface area contributed by atoms with Crippen LogP contribution in [0.4, 0.5) is 11.4 Å². The van der Waals surface area contributed by atoms with Crippen molar-refractivity contribution in [1.82, 2.24) is 0 Å². The summed E-state index contributed by atoms with van der Waals surface area (Å²) in [6, 6.07) is 67.7. The number of allylic oxidation sites excluding steroid dienone is 5. The lowest BCUT2D eigenvalue weighted by atomic mass is 9.67. The second-order valence-corrected chi connectivity index (χ2v) is 16.3. The molecule has 0 bridgehead atoms. The topological polar surface area (TPSA) is 3.24 Å². The van der Waals surface area contributed by atoms with Crippen LogP contribution in [0.2, 0.25) is 0 Å². The third kappa shape index (κ3) is 5.77. The SMILES string of the molecule is CC12C=CC=CC1=CC=C1c3cc(-c4ccc(C[C@H](c5ccc(-c6ccccc6)cc5)c5ccc6ccccc6c5)cc4)ccc3N(c3cccc4ccccc34)C12. The summed E-state index contributed by atoms with van der Waals surface area (Å²) in [4.78, 5) is 2.62. The third-order valence-corrected chi connectivity index (χ3v) is 12.9. The molecule has 2 aliphatic carbocycles. The van der Waals surface area contributed by atoms with Crippen molar-refractivity contribution in [2.24, 2.45) is 5.41 Å². The molecule has 1 aliphatic heterocycles. The Balaban J connectivity index is 0.952. The molecule has 8 aromatic carbocycles. The number of rotatable bonds is 7. The standard InChI is InChI=1S/C57H43N/c1-57-35-10-9-18-49(57)32-33-51-53-38-47(31-34-55(53)58(56(51)57)54-20-11-17-44-15-7-8-19-50(44)54)43-23-21-39(22-24-43)36-52(48-30-27-41-14-5-6-16-46(41)37-48)45-28-25-42(26-29-45)40-12-3-2-4-13-40/h2-35,37-38,52,56H,36H2,1H3/t52-,56?,57?/m1/s1. The molecule has 2 unspecified atom stereocenters. The first kappa shape index (κ1) is 34.3. The molecule has 1 nitrogen and oxygen atoms in total. The van der Waals surface area contributed by atoms with Crippen molar-refractivity contribution in [3.8, 4) is 22.3 Å². The number of anilines is 2. The number of hydrogen-bond acceptors (Lipinski definition) is 1. The largest absolute Gasteiger partial charge is 0.332 e. The minimum absolute atomic E-state index is 0.140. The van der Waals surface area contributed by atoms with E-state index < -0.39 is 0 Å². The van der Waals surface area contributed by atoms with Gasteiger partial charge in [-0.1, -0.05) is 200 Å². The monoisotopic (exact) mass is 741 g/mol. The van der Waals surface area contributed by atoms with Crippen molar-refractivity contribution in [3.63, 3.8) is 0 Å². The maximum Gasteiger partial charge on any atom is 0.0727 e. The molecule has 0 spiro atoms. The Morgan fingerprint density at radius 1 is 0.517 bits per heavy atom. The maximum absolute atomic E-state index is 2.62. The summed E-state index contributed by atoms with van der Waals surface area (Å²) in [5.41, 5.74) is 15.4. The molecule has 3 aliphatic rings. The van der Waals surface area contributed by atoms with Gasteiger partial charge >= 0.3 is 0 Å². The summed E-state index contributed by atoms with van der Waals surface area (Å²) >= 11 is 0. The molecule has 1 heteroatoms. The molecule has 8 aromatic rings. The molecule has 0 aromatic heterocycles. The third-order valence-electron chi connectivity index (χ3n) is 12.9. The molecule has 0 amide bonds. The minimum atomic E-state index is -0.167. The first-order valence-electron chi connectivity index (χ1n) is 20.5. The lowest BCUT2D eigenvalue weighted by Gasteiger charge is -2.44. The molecule has 0 N–H and O–H groups in total. The maximum atomic E-state index is 2.62. The van der Waals surface area contributed by atoms with E-state index in [9.17, 15) is 0 Å². The van der Waals surface area contributed by atoms with Crippen LogP contribution in [0.1, 0.15) is 35.1 Å². The Hall–Kier alpha value is -6.96. The number of benzene rings is 8. The summed E-state index contributed by atoms with van der Waals surface area (Å²) in [6.07, 6.45) is 14.7. The van der Waals surface area contributed by atoms with E-state index in [1.165, 1.54) is 88.6 Å². The number of hydrogen-bond donors (Lipinski definition) is 0. The molecular formula is C57H43N. The predicted molar refractivity (Wildman–Crippen MR) is 246 cm³/mol. The Morgan fingerprint density at radius 2 is 1.19 bits per heavy atom. The van der Waals surface area contributed by atoms with Gasteiger partial charge in [-0.15, -0.1) is 0 Å². The fraction of sp³-hybridized carbons (Fsp3) is 0.0877. The van der Waals surface area contributed by atoms with E-state index in [-0.39, 0.29) is 17.4 Å². The Labute approximate surface area is 341 Å². The highest BCUT2D eigenvalue weighted by molar-refractivity contribution is 6.03. The molecule has 0 saturated heterocycles. The zero-order chi connectivity index (χ0) is 38.6. The van der Waals surface area contributed by atoms with Gasteiger partial charge in [0.05, 0.1) is 6.04 Å². The smallest absolute Gasteiger partial charge is 0.0727 e. The van der Waals surface area contributed by atoms with Crippen LogP contribution in [0.5, 0.6) is 0 Å². The van der Waals surface area contributed by atoms with Gasteiger partial charge in [0.2, 0.25) is 0 Å². The lowest BCUT2D eigenvalue weighted by Crippen LogP contribution is -2.43. The zero-order valence-corrected chi connectivity index (χ0v) is 32.6. The highest BCUT2D eigenvalue weighted by atomic mass is 15.2. The van der Waals surface area contributed by atoms with E-state index >= 15 is 0 Å². The Kier molecular flexibility index (Phi) is 8.22. The van der Waals surface area contributed by atoms with Crippen molar-refractivity contribution in [3.05, 3.63) is 246 Å². The van der Waals surface area contributed by atoms with Gasteiger partial charge in [0.15, 0.2) is 0 Å². The van der Waals surface area contributed by atoms with Crippen LogP contribution in [0.3, 0.4) is 0 Å². The molecule has 276 valence electrons. The van der Waals surface area contributed by atoms with Gasteiger partial charge in [-0.2, -0.15) is 0 Å². The quantitative estimate of drug-likeness (QED) is 0.157. The van der Waals surface area contributed by atoms with Crippen molar-refractivity contribution < 1.29 is 0 Å². The van der Waals surface area contributed by atoms with Gasteiger partial charge in [0.25, 0.3) is 0 Å². The molecule has 11 rings (SSSR count). The van der Waals surface area contributed by atoms with E-state index in [2.05, 4.69) is 230 Å². The average Bonchev–Trinajstić information content (AvgIpc) is 3.63. The second-order valence-electron chi connectivity index (χ2n) is 16.3. The summed E-state index contributed by atoms with van der Waals surface area (Å²) in [7, 11) is 0. The predicted octanol–water partition coefficient (Wildman–Crippen LogP) is 14.7. The molecule has 3 atom stereocenters. The van der Waals surface area contributed by atoms with Gasteiger partial charge in [-0.3, -0.25) is 0 Å². The molecule has 1 heterocycles. The van der Waals surface area contributed by atoms with Gasteiger partial charge < -0.3 is 4.90 Å². The summed E-state index contributed by atoms with van der Waals surface area (Å²) in [5, 5.41) is 5.10. The molecule has 0 saturated carbocycles. The summed E-state index contributed by atoms with van der Waals surface area (Å²) in [6.45, 7) is 2.41. The second kappa shape index (κ2) is 13.9. The van der Waals surface area contributed by atoms with Crippen molar-refractivity contribution in [1.29, 1.82) is 0 Å². The first-order valence-corrected chi connectivity index (χ1v) is 20.5. The number of fused-ring (bicyclic) bond motifs is 7. The highest BCUT2D eigenvalue weighted by Gasteiger charge is 2.48. The van der Waals surface area contributed by atoms with Gasteiger partial charge in [-0.25, -0.2) is 0 Å². The van der Waals surface area contributed by atoms with Crippen LogP contribution in [0, 0.1) is 5.41 Å². The lowest BCUT2D eigenvalue weighted by molar-refractivity contribution is 0.468. The molecule has 0 radical (unpaired) electrons. The van der Waals surface area contributed by atoms with Crippen LogP contribution >= 0.6 is 0 Å². The van der Waals surface area contributed by atoms with E-state index in [4.69, 9.17) is 0 Å². The van der Waals surface area contributed by atoms with Gasteiger partial charge in [0, 0.05) is 33.7 Å². The first-order chi connectivity index (χ1) is 28.6. The van der Waals surface area contributed by atoms with Gasteiger partial charge in [0.1, 0.15) is 0 Å². The van der Waals surface area contributed by atoms with Crippen LogP contribution in [-0.2, 0) is 6.42 Å². The summed E-state index contributed by atoms with van der Waals surface area (Å²) < 4.78 is 0. The molecule has 0 fully saturated rings. The Bertz CT molecular complexity index is 2970. The van der Waals surface area contributed by atoms with Crippen LogP contribution < -0.4 is 4.90 Å². The van der Waals surface area contributed by atoms with Crippen molar-refractivity contribution in [2.75, 3.05) is 4.90 Å². The number of nitrogens with zero attached hydrogens (tertiary/aromatic N) is 1. The fourth-order valence-corrected chi connectivity index (χ4v) is 9.86. The van der Waals surface area contributed by atoms with Crippen molar-refractivity contribution >= 4 is 38.5 Å². The molecule has 58 heavy (non-hydrogen) atoms. The van der Waals surface area contributed by atoms with E-state index in [0.29, 0.717) is 0 Å². The Morgan fingerprint density at radius 3 is 2.03 bits per heavy atom. The van der Waals surface area contributed by atoms with E-state index in [1.54, 1.807) is 0 Å². The fourth-order valence-electron chi connectivity index (χ4n) is 9.86. The normalized spacial score (nSPS) is 18.4. The van der Waals surface area contributed by atoms with E-state index in [1.807, 2.05) is 0 Å². The average molecular weight is 742 g/mol. The highest BCUT2D eigenvalue weighted by Crippen LogP contribution is 2.57. The minimum Gasteiger partial charge on any atom is -0.332 e. The van der Waals surface area contributed by atoms with Crippen LogP contribution in [-0.4, -0.2) is 6.04 Å². The van der Waals surface area contributed by atoms with Crippen molar-refractivity contribution in [2.45, 2.75) is 25.3 Å². The van der Waals surface area contributed by atoms with E-state index in [0.717, 1.165) is 6.42 Å². The van der Waals surface area contributed by atoms with Crippen LogP contribution in [0.25, 0.3) is 49.4 Å².